The third kappa shape index (κ3) is 5.28. The molecule has 0 saturated heterocycles. The molecule has 3 aromatic rings. The predicted molar refractivity (Wildman–Crippen MR) is 109 cm³/mol. The van der Waals surface area contributed by atoms with E-state index >= 15 is 0 Å². The van der Waals surface area contributed by atoms with E-state index in [1.165, 1.54) is 23.1 Å². The number of hydrogen-bond acceptors (Lipinski definition) is 3. The molecule has 27 heavy (non-hydrogen) atoms. The van der Waals surface area contributed by atoms with Crippen molar-refractivity contribution in [3.63, 3.8) is 0 Å². The molecule has 0 radical (unpaired) electrons. The molecule has 0 bridgehead atoms. The number of thioether (sulfide) groups is 1. The summed E-state index contributed by atoms with van der Waals surface area (Å²) in [5.41, 5.74) is 2.32. The van der Waals surface area contributed by atoms with Gasteiger partial charge in [-0.05, 0) is 66.4 Å². The van der Waals surface area contributed by atoms with Gasteiger partial charge in [0, 0.05) is 22.9 Å². The summed E-state index contributed by atoms with van der Waals surface area (Å²) < 4.78 is 13.3. The van der Waals surface area contributed by atoms with E-state index in [9.17, 15) is 9.18 Å². The maximum Gasteiger partial charge on any atom is 0.251 e. The van der Waals surface area contributed by atoms with Crippen LogP contribution in [0.5, 0.6) is 0 Å². The number of rotatable bonds is 6. The number of amides is 1. The first-order valence-electron chi connectivity index (χ1n) is 8.45. The van der Waals surface area contributed by atoms with Gasteiger partial charge in [0.25, 0.3) is 5.91 Å². The maximum absolute atomic E-state index is 13.3. The predicted octanol–water partition coefficient (Wildman–Crippen LogP) is 5.19. The second-order valence-electron chi connectivity index (χ2n) is 5.83. The van der Waals surface area contributed by atoms with E-state index in [0.717, 1.165) is 11.3 Å². The molecule has 0 unspecified atom stereocenters. The number of anilines is 1. The van der Waals surface area contributed by atoms with Gasteiger partial charge >= 0.3 is 0 Å². The Hall–Kier alpha value is -2.92. The first-order chi connectivity index (χ1) is 13.2. The lowest BCUT2D eigenvalue weighted by Crippen LogP contribution is -2.29. The molecular weight excluding hydrogens is 359 g/mol. The zero-order chi connectivity index (χ0) is 19.1. The van der Waals surface area contributed by atoms with Gasteiger partial charge in [-0.25, -0.2) is 4.39 Å². The second-order valence-corrected chi connectivity index (χ2v) is 6.71. The van der Waals surface area contributed by atoms with Gasteiger partial charge in [-0.15, -0.1) is 11.8 Å². The van der Waals surface area contributed by atoms with Crippen molar-refractivity contribution in [2.75, 3.05) is 11.2 Å². The van der Waals surface area contributed by atoms with Crippen LogP contribution in [0.25, 0.3) is 6.08 Å². The second kappa shape index (κ2) is 9.14. The summed E-state index contributed by atoms with van der Waals surface area (Å²) in [5, 5.41) is 0. The van der Waals surface area contributed by atoms with Crippen LogP contribution in [0.1, 0.15) is 11.3 Å². The average molecular weight is 378 g/mol. The molecule has 3 nitrogen and oxygen atoms in total. The molecule has 0 aliphatic rings. The molecule has 0 spiro atoms. The summed E-state index contributed by atoms with van der Waals surface area (Å²) in [6, 6.07) is 19.4. The highest BCUT2D eigenvalue weighted by molar-refractivity contribution is 7.98. The highest BCUT2D eigenvalue weighted by Crippen LogP contribution is 2.19. The molecule has 136 valence electrons. The normalized spacial score (nSPS) is 10.9. The lowest BCUT2D eigenvalue weighted by atomic mass is 10.2. The molecule has 0 aliphatic carbocycles. The Morgan fingerprint density at radius 2 is 1.81 bits per heavy atom. The van der Waals surface area contributed by atoms with Crippen molar-refractivity contribution in [2.45, 2.75) is 11.4 Å². The summed E-state index contributed by atoms with van der Waals surface area (Å²) in [6.45, 7) is 0.307. The van der Waals surface area contributed by atoms with Crippen molar-refractivity contribution in [1.82, 2.24) is 4.98 Å². The maximum atomic E-state index is 13.3. The summed E-state index contributed by atoms with van der Waals surface area (Å²) >= 11 is 1.67. The number of carbonyl (C=O) groups excluding carboxylic acids is 1. The quantitative estimate of drug-likeness (QED) is 0.437. The molecule has 0 aliphatic heterocycles. The standard InChI is InChI=1S/C22H19FN2OS/c1-27-21-12-5-17(6-13-21)7-14-22(26)25(16-19-4-2-3-15-24-19)20-10-8-18(23)9-11-20/h2-15H,16H2,1H3/b14-7+. The zero-order valence-corrected chi connectivity index (χ0v) is 15.7. The van der Waals surface area contributed by atoms with Gasteiger partial charge in [0.2, 0.25) is 0 Å². The smallest absolute Gasteiger partial charge is 0.251 e. The summed E-state index contributed by atoms with van der Waals surface area (Å²) in [5.74, 6) is -0.533. The van der Waals surface area contributed by atoms with Crippen LogP contribution in [0, 0.1) is 5.82 Å². The monoisotopic (exact) mass is 378 g/mol. The molecule has 1 amide bonds. The lowest BCUT2D eigenvalue weighted by Gasteiger charge is -2.21. The third-order valence-electron chi connectivity index (χ3n) is 3.98. The van der Waals surface area contributed by atoms with Gasteiger partial charge in [-0.1, -0.05) is 18.2 Å². The Kier molecular flexibility index (Phi) is 6.39. The largest absolute Gasteiger partial charge is 0.303 e. The van der Waals surface area contributed by atoms with Crippen molar-refractivity contribution in [1.29, 1.82) is 0 Å². The van der Waals surface area contributed by atoms with Crippen LogP contribution in [0.3, 0.4) is 0 Å². The van der Waals surface area contributed by atoms with Crippen LogP contribution in [0.15, 0.2) is 83.9 Å². The Bertz CT molecular complexity index is 909. The van der Waals surface area contributed by atoms with Crippen molar-refractivity contribution in [3.05, 3.63) is 96.1 Å². The molecule has 2 aromatic carbocycles. The van der Waals surface area contributed by atoms with Crippen molar-refractivity contribution >= 4 is 29.4 Å². The van der Waals surface area contributed by atoms with Gasteiger partial charge in [-0.3, -0.25) is 9.78 Å². The van der Waals surface area contributed by atoms with Crippen LogP contribution >= 0.6 is 11.8 Å². The van der Waals surface area contributed by atoms with Gasteiger partial charge < -0.3 is 4.90 Å². The fourth-order valence-electron chi connectivity index (χ4n) is 2.54. The number of hydrogen-bond donors (Lipinski definition) is 0. The van der Waals surface area contributed by atoms with Crippen molar-refractivity contribution in [2.24, 2.45) is 0 Å². The van der Waals surface area contributed by atoms with E-state index < -0.39 is 0 Å². The van der Waals surface area contributed by atoms with Crippen LogP contribution < -0.4 is 4.90 Å². The van der Waals surface area contributed by atoms with Crippen LogP contribution in [0.2, 0.25) is 0 Å². The fourth-order valence-corrected chi connectivity index (χ4v) is 2.95. The molecule has 3 rings (SSSR count). The van der Waals surface area contributed by atoms with E-state index in [-0.39, 0.29) is 11.7 Å². The van der Waals surface area contributed by atoms with E-state index in [1.54, 1.807) is 41.1 Å². The molecule has 5 heteroatoms. The molecular formula is C22H19FN2OS. The molecule has 0 fully saturated rings. The highest BCUT2D eigenvalue weighted by atomic mass is 32.2. The fraction of sp³-hybridized carbons (Fsp3) is 0.0909. The van der Waals surface area contributed by atoms with Gasteiger partial charge in [0.1, 0.15) is 5.82 Å². The van der Waals surface area contributed by atoms with Gasteiger partial charge in [-0.2, -0.15) is 0 Å². The Morgan fingerprint density at radius 1 is 1.07 bits per heavy atom. The zero-order valence-electron chi connectivity index (χ0n) is 14.9. The van der Waals surface area contributed by atoms with E-state index in [0.29, 0.717) is 12.2 Å². The first-order valence-corrected chi connectivity index (χ1v) is 9.67. The minimum absolute atomic E-state index is 0.193. The number of pyridine rings is 1. The topological polar surface area (TPSA) is 33.2 Å². The van der Waals surface area contributed by atoms with Crippen LogP contribution in [-0.4, -0.2) is 17.1 Å². The summed E-state index contributed by atoms with van der Waals surface area (Å²) in [7, 11) is 0. The lowest BCUT2D eigenvalue weighted by molar-refractivity contribution is -0.114. The Labute approximate surface area is 162 Å². The molecule has 1 aromatic heterocycles. The van der Waals surface area contributed by atoms with Crippen LogP contribution in [0.4, 0.5) is 10.1 Å². The molecule has 0 saturated carbocycles. The van der Waals surface area contributed by atoms with E-state index in [1.807, 2.05) is 48.7 Å². The number of benzene rings is 2. The van der Waals surface area contributed by atoms with Crippen molar-refractivity contribution in [3.8, 4) is 0 Å². The number of halogens is 1. The van der Waals surface area contributed by atoms with Gasteiger partial charge in [0.05, 0.1) is 12.2 Å². The SMILES string of the molecule is CSc1ccc(/C=C/C(=O)N(Cc2ccccn2)c2ccc(F)cc2)cc1. The first kappa shape index (κ1) is 18.9. The number of carbonyl (C=O) groups is 1. The summed E-state index contributed by atoms with van der Waals surface area (Å²) in [6.07, 6.45) is 7.01. The Morgan fingerprint density at radius 3 is 2.44 bits per heavy atom. The summed E-state index contributed by atoms with van der Waals surface area (Å²) in [4.78, 5) is 19.9. The average Bonchev–Trinajstić information content (AvgIpc) is 2.72. The third-order valence-corrected chi connectivity index (χ3v) is 4.73. The molecule has 0 N–H and O–H groups in total. The number of nitrogens with zero attached hydrogens (tertiary/aromatic N) is 2. The van der Waals surface area contributed by atoms with Crippen LogP contribution in [-0.2, 0) is 11.3 Å². The Balaban J connectivity index is 1.83. The molecule has 1 heterocycles. The van der Waals surface area contributed by atoms with E-state index in [2.05, 4.69) is 4.98 Å². The van der Waals surface area contributed by atoms with E-state index in [4.69, 9.17) is 0 Å². The number of aromatic nitrogens is 1. The van der Waals surface area contributed by atoms with Crippen molar-refractivity contribution < 1.29 is 9.18 Å². The van der Waals surface area contributed by atoms with Gasteiger partial charge in [0.15, 0.2) is 0 Å². The highest BCUT2D eigenvalue weighted by Gasteiger charge is 2.14. The molecule has 0 atom stereocenters. The minimum Gasteiger partial charge on any atom is -0.303 e. The minimum atomic E-state index is -0.339.